The number of sulfone groups is 1. The Hall–Kier alpha value is -2.83. The van der Waals surface area contributed by atoms with Gasteiger partial charge in [-0.2, -0.15) is 9.40 Å². The molecule has 0 aliphatic carbocycles. The quantitative estimate of drug-likeness (QED) is 0.401. The van der Waals surface area contributed by atoms with Gasteiger partial charge in [-0.15, -0.1) is 0 Å². The first-order valence-electron chi connectivity index (χ1n) is 11.9. The highest BCUT2D eigenvalue weighted by atomic mass is 32.2. The standard InChI is InChI=1S/C25H30FN3O6S2/c1-16(2)35-20-6-8-21(9-7-20)37(33,34)28-13-17(3)25(14-28)29-24-11-18(26)5-10-22(24)23(27-29)12-19(30)15-36(4,31)32/h5-11,16-17,25H,12-15H2,1-4H3/t17-,25+/m1/s1. The van der Waals surface area contributed by atoms with Crippen LogP contribution in [-0.4, -0.2) is 67.9 Å². The lowest BCUT2D eigenvalue weighted by Crippen LogP contribution is -2.29. The smallest absolute Gasteiger partial charge is 0.243 e. The maximum Gasteiger partial charge on any atom is 0.243 e. The number of sulfonamides is 1. The highest BCUT2D eigenvalue weighted by Gasteiger charge is 2.39. The van der Waals surface area contributed by atoms with Crippen LogP contribution in [0.3, 0.4) is 0 Å². The van der Waals surface area contributed by atoms with Crippen molar-refractivity contribution < 1.29 is 30.8 Å². The van der Waals surface area contributed by atoms with E-state index in [0.717, 1.165) is 6.26 Å². The number of fused-ring (bicyclic) bond motifs is 1. The highest BCUT2D eigenvalue weighted by Crippen LogP contribution is 2.35. The van der Waals surface area contributed by atoms with E-state index in [1.807, 2.05) is 20.8 Å². The van der Waals surface area contributed by atoms with Crippen molar-refractivity contribution in [3.8, 4) is 5.75 Å². The molecule has 0 unspecified atom stereocenters. The minimum Gasteiger partial charge on any atom is -0.491 e. The van der Waals surface area contributed by atoms with Gasteiger partial charge in [0.2, 0.25) is 10.0 Å². The average molecular weight is 552 g/mol. The summed E-state index contributed by atoms with van der Waals surface area (Å²) in [5.74, 6) is -1.22. The van der Waals surface area contributed by atoms with Crippen LogP contribution in [-0.2, 0) is 31.1 Å². The van der Waals surface area contributed by atoms with Gasteiger partial charge < -0.3 is 4.74 Å². The number of Topliss-reactive ketones (excluding diaryl/α,β-unsaturated/α-hetero) is 1. The zero-order chi connectivity index (χ0) is 27.1. The minimum atomic E-state index is -3.81. The van der Waals surface area contributed by atoms with Crippen LogP contribution in [0.15, 0.2) is 47.4 Å². The molecule has 1 aliphatic heterocycles. The SMILES string of the molecule is CC(C)Oc1ccc(S(=O)(=O)N2C[C@@H](C)[C@@H](n3nc(CC(=O)CS(C)(=O)=O)c4ccc(F)cc43)C2)cc1. The Morgan fingerprint density at radius 2 is 1.78 bits per heavy atom. The molecule has 0 spiro atoms. The zero-order valence-corrected chi connectivity index (χ0v) is 22.7. The molecule has 0 bridgehead atoms. The van der Waals surface area contributed by atoms with Gasteiger partial charge in [0, 0.05) is 24.7 Å². The third-order valence-electron chi connectivity index (χ3n) is 6.22. The lowest BCUT2D eigenvalue weighted by molar-refractivity contribution is -0.116. The Morgan fingerprint density at radius 1 is 1.11 bits per heavy atom. The topological polar surface area (TPSA) is 116 Å². The lowest BCUT2D eigenvalue weighted by atomic mass is 10.1. The number of carbonyl (C=O) groups excluding carboxylic acids is 1. The number of ether oxygens (including phenoxy) is 1. The van der Waals surface area contributed by atoms with E-state index in [0.29, 0.717) is 22.3 Å². The predicted molar refractivity (Wildman–Crippen MR) is 137 cm³/mol. The van der Waals surface area contributed by atoms with Crippen LogP contribution in [0.4, 0.5) is 4.39 Å². The van der Waals surface area contributed by atoms with Gasteiger partial charge in [-0.25, -0.2) is 21.2 Å². The van der Waals surface area contributed by atoms with Crippen molar-refractivity contribution in [2.24, 2.45) is 5.92 Å². The molecule has 0 amide bonds. The van der Waals surface area contributed by atoms with Crippen molar-refractivity contribution in [1.29, 1.82) is 0 Å². The van der Waals surface area contributed by atoms with E-state index in [1.165, 1.54) is 34.6 Å². The summed E-state index contributed by atoms with van der Waals surface area (Å²) in [6, 6.07) is 9.89. The van der Waals surface area contributed by atoms with E-state index in [-0.39, 0.29) is 36.4 Å². The second kappa shape index (κ2) is 10.1. The summed E-state index contributed by atoms with van der Waals surface area (Å²) in [5, 5.41) is 5.08. The normalized spacial score (nSPS) is 19.1. The molecule has 0 radical (unpaired) electrons. The number of carbonyl (C=O) groups is 1. The molecule has 2 atom stereocenters. The lowest BCUT2D eigenvalue weighted by Gasteiger charge is -2.18. The molecule has 0 N–H and O–H groups in total. The van der Waals surface area contributed by atoms with Crippen molar-refractivity contribution in [3.05, 3.63) is 54.0 Å². The van der Waals surface area contributed by atoms with Crippen LogP contribution >= 0.6 is 0 Å². The molecule has 0 saturated carbocycles. The molecule has 1 saturated heterocycles. The Kier molecular flexibility index (Phi) is 7.46. The minimum absolute atomic E-state index is 0.0389. The molecule has 1 aromatic heterocycles. The predicted octanol–water partition coefficient (Wildman–Crippen LogP) is 3.00. The van der Waals surface area contributed by atoms with E-state index >= 15 is 0 Å². The molecule has 200 valence electrons. The Bertz CT molecular complexity index is 1530. The summed E-state index contributed by atoms with van der Waals surface area (Å²) in [5.41, 5.74) is 0.756. The van der Waals surface area contributed by atoms with Crippen LogP contribution in [0.2, 0.25) is 0 Å². The molecular formula is C25H30FN3O6S2. The molecule has 9 nitrogen and oxygen atoms in total. The Labute approximate surface area is 216 Å². The van der Waals surface area contributed by atoms with E-state index in [2.05, 4.69) is 5.10 Å². The number of aromatic nitrogens is 2. The van der Waals surface area contributed by atoms with Gasteiger partial charge in [0.05, 0.1) is 34.7 Å². The summed E-state index contributed by atoms with van der Waals surface area (Å²) < 4.78 is 72.6. The molecule has 2 aromatic carbocycles. The third-order valence-corrected chi connectivity index (χ3v) is 8.91. The van der Waals surface area contributed by atoms with E-state index in [1.54, 1.807) is 16.8 Å². The summed E-state index contributed by atoms with van der Waals surface area (Å²) in [7, 11) is -7.32. The number of rotatable bonds is 9. The molecule has 1 fully saturated rings. The monoisotopic (exact) mass is 551 g/mol. The van der Waals surface area contributed by atoms with E-state index in [4.69, 9.17) is 4.74 Å². The number of hydrogen-bond donors (Lipinski definition) is 0. The Morgan fingerprint density at radius 3 is 2.41 bits per heavy atom. The van der Waals surface area contributed by atoms with Crippen molar-refractivity contribution >= 4 is 36.5 Å². The largest absolute Gasteiger partial charge is 0.491 e. The number of hydrogen-bond acceptors (Lipinski definition) is 7. The molecular weight excluding hydrogens is 521 g/mol. The second-order valence-corrected chi connectivity index (χ2v) is 13.9. The summed E-state index contributed by atoms with van der Waals surface area (Å²) >= 11 is 0. The van der Waals surface area contributed by atoms with Crippen molar-refractivity contribution in [1.82, 2.24) is 14.1 Å². The maximum atomic E-state index is 14.2. The number of benzene rings is 2. The first-order valence-corrected chi connectivity index (χ1v) is 15.4. The fraction of sp³-hybridized carbons (Fsp3) is 0.440. The first kappa shape index (κ1) is 27.2. The molecule has 4 rings (SSSR count). The van der Waals surface area contributed by atoms with E-state index in [9.17, 15) is 26.0 Å². The fourth-order valence-electron chi connectivity index (χ4n) is 4.62. The third kappa shape index (κ3) is 6.02. The van der Waals surface area contributed by atoms with Gasteiger partial charge in [-0.05, 0) is 62.2 Å². The molecule has 3 aromatic rings. The van der Waals surface area contributed by atoms with Crippen LogP contribution in [0.1, 0.15) is 32.5 Å². The Balaban J connectivity index is 1.63. The van der Waals surface area contributed by atoms with Gasteiger partial charge in [0.25, 0.3) is 0 Å². The van der Waals surface area contributed by atoms with Crippen LogP contribution < -0.4 is 4.74 Å². The maximum absolute atomic E-state index is 14.2. The van der Waals surface area contributed by atoms with E-state index < -0.39 is 43.3 Å². The number of nitrogens with zero attached hydrogens (tertiary/aromatic N) is 3. The van der Waals surface area contributed by atoms with Crippen LogP contribution in [0.25, 0.3) is 10.9 Å². The van der Waals surface area contributed by atoms with Crippen LogP contribution in [0, 0.1) is 11.7 Å². The van der Waals surface area contributed by atoms with Gasteiger partial charge in [0.1, 0.15) is 17.3 Å². The second-order valence-electron chi connectivity index (χ2n) is 9.84. The van der Waals surface area contributed by atoms with Gasteiger partial charge in [-0.3, -0.25) is 9.48 Å². The molecule has 12 heteroatoms. The number of halogens is 1. The average Bonchev–Trinajstić information content (AvgIpc) is 3.32. The summed E-state index contributed by atoms with van der Waals surface area (Å²) in [6.45, 7) is 6.00. The zero-order valence-electron chi connectivity index (χ0n) is 21.1. The molecule has 37 heavy (non-hydrogen) atoms. The first-order chi connectivity index (χ1) is 17.2. The van der Waals surface area contributed by atoms with Crippen LogP contribution in [0.5, 0.6) is 5.75 Å². The van der Waals surface area contributed by atoms with Gasteiger partial charge >= 0.3 is 0 Å². The highest BCUT2D eigenvalue weighted by molar-refractivity contribution is 7.91. The van der Waals surface area contributed by atoms with Gasteiger partial charge in [-0.1, -0.05) is 6.92 Å². The summed E-state index contributed by atoms with van der Waals surface area (Å²) in [6.07, 6.45) is 0.718. The van der Waals surface area contributed by atoms with Crippen molar-refractivity contribution in [3.63, 3.8) is 0 Å². The molecule has 1 aliphatic rings. The molecule has 2 heterocycles. The van der Waals surface area contributed by atoms with Crippen molar-refractivity contribution in [2.45, 2.75) is 44.2 Å². The fourth-order valence-corrected chi connectivity index (χ4v) is 6.87. The summed E-state index contributed by atoms with van der Waals surface area (Å²) in [4.78, 5) is 12.5. The van der Waals surface area contributed by atoms with Crippen molar-refractivity contribution in [2.75, 3.05) is 25.1 Å². The number of ketones is 1. The van der Waals surface area contributed by atoms with Gasteiger partial charge in [0.15, 0.2) is 15.6 Å².